The summed E-state index contributed by atoms with van der Waals surface area (Å²) < 4.78 is 5.96. The van der Waals surface area contributed by atoms with Gasteiger partial charge in [0.25, 0.3) is 0 Å². The number of anilines is 2. The molecular formula is C25H34ClN5O3S. The predicted octanol–water partition coefficient (Wildman–Crippen LogP) is 3.63. The average Bonchev–Trinajstić information content (AvgIpc) is 3.09. The number of rotatable bonds is 6. The molecule has 0 aliphatic carbocycles. The van der Waals surface area contributed by atoms with E-state index in [-0.39, 0.29) is 24.0 Å². The summed E-state index contributed by atoms with van der Waals surface area (Å²) >= 11 is 8.12. The van der Waals surface area contributed by atoms with Gasteiger partial charge in [0, 0.05) is 48.6 Å². The van der Waals surface area contributed by atoms with Crippen molar-refractivity contribution in [2.45, 2.75) is 62.3 Å². The van der Waals surface area contributed by atoms with Gasteiger partial charge in [-0.1, -0.05) is 30.3 Å². The third-order valence-electron chi connectivity index (χ3n) is 8.25. The van der Waals surface area contributed by atoms with E-state index >= 15 is 0 Å². The van der Waals surface area contributed by atoms with Gasteiger partial charge in [-0.05, 0) is 38.7 Å². The van der Waals surface area contributed by atoms with E-state index in [1.807, 2.05) is 13.0 Å². The minimum Gasteiger partial charge on any atom is -0.393 e. The van der Waals surface area contributed by atoms with Gasteiger partial charge in [-0.3, -0.25) is 0 Å². The molecule has 3 atom stereocenters. The first-order chi connectivity index (χ1) is 16.8. The summed E-state index contributed by atoms with van der Waals surface area (Å²) in [7, 11) is 0. The van der Waals surface area contributed by atoms with Crippen LogP contribution in [0.15, 0.2) is 28.4 Å². The molecule has 3 fully saturated rings. The van der Waals surface area contributed by atoms with Crippen LogP contribution in [-0.4, -0.2) is 70.2 Å². The van der Waals surface area contributed by atoms with Crippen LogP contribution in [0.5, 0.6) is 0 Å². The Morgan fingerprint density at radius 1 is 1.20 bits per heavy atom. The Morgan fingerprint density at radius 3 is 2.57 bits per heavy atom. The van der Waals surface area contributed by atoms with E-state index in [4.69, 9.17) is 26.3 Å². The number of aliphatic hydroxyl groups is 2. The molecule has 0 amide bonds. The van der Waals surface area contributed by atoms with Crippen molar-refractivity contribution in [1.29, 1.82) is 0 Å². The molecule has 0 saturated carbocycles. The molecule has 0 radical (unpaired) electrons. The quantitative estimate of drug-likeness (QED) is 0.593. The Balaban J connectivity index is 1.28. The molecule has 3 aliphatic heterocycles. The molecule has 1 unspecified atom stereocenters. The topological polar surface area (TPSA) is 94.8 Å². The van der Waals surface area contributed by atoms with Crippen LogP contribution in [0.2, 0.25) is 5.02 Å². The van der Waals surface area contributed by atoms with Crippen molar-refractivity contribution in [2.75, 3.05) is 42.6 Å². The molecule has 10 heteroatoms. The molecule has 0 aromatic carbocycles. The summed E-state index contributed by atoms with van der Waals surface area (Å²) in [5, 5.41) is 21.1. The number of aliphatic hydroxyl groups excluding tert-OH is 2. The Hall–Kier alpha value is -1.65. The van der Waals surface area contributed by atoms with Gasteiger partial charge in [-0.25, -0.2) is 15.0 Å². The number of halogens is 1. The summed E-state index contributed by atoms with van der Waals surface area (Å²) in [6.07, 6.45) is 5.60. The Bertz CT molecular complexity index is 1060. The largest absolute Gasteiger partial charge is 0.393 e. The summed E-state index contributed by atoms with van der Waals surface area (Å²) in [6.45, 7) is 10.2. The van der Waals surface area contributed by atoms with E-state index in [1.54, 1.807) is 12.4 Å². The van der Waals surface area contributed by atoms with E-state index in [2.05, 4.69) is 28.6 Å². The molecule has 3 aliphatic rings. The fraction of sp³-hybridized carbons (Fsp3) is 0.640. The third-order valence-corrected chi connectivity index (χ3v) is 9.70. The Morgan fingerprint density at radius 2 is 1.94 bits per heavy atom. The minimum atomic E-state index is -0.336. The smallest absolute Gasteiger partial charge is 0.152 e. The van der Waals surface area contributed by atoms with Gasteiger partial charge in [-0.2, -0.15) is 0 Å². The minimum absolute atomic E-state index is 0.168. The lowest BCUT2D eigenvalue weighted by atomic mass is 9.70. The van der Waals surface area contributed by atoms with Crippen molar-refractivity contribution < 1.29 is 14.9 Å². The summed E-state index contributed by atoms with van der Waals surface area (Å²) in [4.78, 5) is 19.1. The Labute approximate surface area is 216 Å². The molecule has 2 aromatic heterocycles. The molecule has 2 aromatic rings. The van der Waals surface area contributed by atoms with E-state index in [9.17, 15) is 10.2 Å². The summed E-state index contributed by atoms with van der Waals surface area (Å²) in [6, 6.07) is 1.87. The van der Waals surface area contributed by atoms with Crippen molar-refractivity contribution in [1.82, 2.24) is 15.0 Å². The first-order valence-corrected chi connectivity index (χ1v) is 13.6. The molecule has 0 bridgehead atoms. The second-order valence-electron chi connectivity index (χ2n) is 10.2. The fourth-order valence-corrected chi connectivity index (χ4v) is 6.62. The van der Waals surface area contributed by atoms with E-state index < -0.39 is 0 Å². The number of piperidine rings is 1. The van der Waals surface area contributed by atoms with Crippen LogP contribution in [-0.2, 0) is 11.3 Å². The lowest BCUT2D eigenvalue weighted by molar-refractivity contribution is 0.0969. The molecule has 1 spiro atoms. The molecule has 190 valence electrons. The second kappa shape index (κ2) is 10.0. The molecule has 35 heavy (non-hydrogen) atoms. The third kappa shape index (κ3) is 4.73. The highest BCUT2D eigenvalue weighted by atomic mass is 35.5. The first-order valence-electron chi connectivity index (χ1n) is 12.4. The maximum Gasteiger partial charge on any atom is 0.152 e. The van der Waals surface area contributed by atoms with Gasteiger partial charge in [-0.15, -0.1) is 0 Å². The highest BCUT2D eigenvalue weighted by Crippen LogP contribution is 2.47. The number of hydrogen-bond donors (Lipinski definition) is 2. The van der Waals surface area contributed by atoms with E-state index in [1.165, 1.54) is 11.8 Å². The molecule has 5 heterocycles. The fourth-order valence-electron chi connectivity index (χ4n) is 5.48. The van der Waals surface area contributed by atoms with E-state index in [0.29, 0.717) is 27.8 Å². The van der Waals surface area contributed by atoms with Crippen molar-refractivity contribution in [2.24, 2.45) is 17.3 Å². The highest BCUT2D eigenvalue weighted by Gasteiger charge is 2.47. The molecule has 3 saturated heterocycles. The normalized spacial score (nSPS) is 25.2. The van der Waals surface area contributed by atoms with Gasteiger partial charge >= 0.3 is 0 Å². The zero-order valence-electron chi connectivity index (χ0n) is 20.5. The number of pyridine rings is 1. The zero-order valence-corrected chi connectivity index (χ0v) is 22.1. The van der Waals surface area contributed by atoms with Crippen molar-refractivity contribution in [3.63, 3.8) is 0 Å². The van der Waals surface area contributed by atoms with Crippen LogP contribution in [0.25, 0.3) is 0 Å². The lowest BCUT2D eigenvalue weighted by Gasteiger charge is -2.42. The number of ether oxygens (including phenoxy) is 1. The zero-order chi connectivity index (χ0) is 24.7. The van der Waals surface area contributed by atoms with Gasteiger partial charge in [0.2, 0.25) is 0 Å². The van der Waals surface area contributed by atoms with Crippen LogP contribution >= 0.6 is 23.4 Å². The van der Waals surface area contributed by atoms with Crippen LogP contribution in [0.4, 0.5) is 11.6 Å². The van der Waals surface area contributed by atoms with E-state index in [0.717, 1.165) is 62.2 Å². The average molecular weight is 520 g/mol. The summed E-state index contributed by atoms with van der Waals surface area (Å²) in [5.41, 5.74) is 0.836. The molecule has 8 nitrogen and oxygen atoms in total. The Kier molecular flexibility index (Phi) is 7.16. The SMILES string of the molecule is CC(O)C1CN(c2nccc(Sc3cnc(N4CCC5(CC4)CO[C@@H](C)[C@H]5C)c(CO)n3)c2Cl)C1. The van der Waals surface area contributed by atoms with Crippen molar-refractivity contribution in [3.05, 3.63) is 29.2 Å². The highest BCUT2D eigenvalue weighted by molar-refractivity contribution is 7.99. The predicted molar refractivity (Wildman–Crippen MR) is 137 cm³/mol. The van der Waals surface area contributed by atoms with Crippen LogP contribution in [0.1, 0.15) is 39.3 Å². The molecular weight excluding hydrogens is 486 g/mol. The van der Waals surface area contributed by atoms with Crippen molar-refractivity contribution in [3.8, 4) is 0 Å². The molecule has 5 rings (SSSR count). The van der Waals surface area contributed by atoms with Gasteiger partial charge in [0.15, 0.2) is 5.82 Å². The first kappa shape index (κ1) is 25.0. The number of hydrogen-bond acceptors (Lipinski definition) is 9. The van der Waals surface area contributed by atoms with Gasteiger partial charge in [0.1, 0.15) is 16.5 Å². The van der Waals surface area contributed by atoms with Gasteiger partial charge < -0.3 is 24.7 Å². The van der Waals surface area contributed by atoms with Gasteiger partial charge in [0.05, 0.1) is 36.6 Å². The second-order valence-corrected chi connectivity index (χ2v) is 11.7. The monoisotopic (exact) mass is 519 g/mol. The summed E-state index contributed by atoms with van der Waals surface area (Å²) in [5.74, 6) is 2.28. The van der Waals surface area contributed by atoms with Crippen molar-refractivity contribution >= 4 is 35.0 Å². The lowest BCUT2D eigenvalue weighted by Crippen LogP contribution is -2.51. The van der Waals surface area contributed by atoms with Crippen LogP contribution < -0.4 is 9.80 Å². The maximum atomic E-state index is 10.1. The van der Waals surface area contributed by atoms with Crippen LogP contribution in [0, 0.1) is 17.3 Å². The number of nitrogens with zero attached hydrogens (tertiary/aromatic N) is 5. The standard InChI is InChI=1S/C25H34ClN5O3S/c1-15-17(3)34-14-25(15)5-8-30(9-6-25)23-19(13-32)29-21(10-28-23)35-20-4-7-27-24(22(20)26)31-11-18(12-31)16(2)33/h4,7,10,15-18,32-33H,5-6,8-9,11-14H2,1-3H3/t15-,16?,17+/m1/s1. The van der Waals surface area contributed by atoms with Crippen LogP contribution in [0.3, 0.4) is 0 Å². The molecule has 2 N–H and O–H groups in total. The maximum absolute atomic E-state index is 10.1. The number of aromatic nitrogens is 3.